The first-order valence-corrected chi connectivity index (χ1v) is 7.99. The Bertz CT molecular complexity index is 636. The highest BCUT2D eigenvalue weighted by atomic mass is 15.0. The summed E-state index contributed by atoms with van der Waals surface area (Å²) in [4.78, 5) is 9.78. The van der Waals surface area contributed by atoms with Crippen LogP contribution in [-0.2, 0) is 25.7 Å². The molecule has 1 aromatic carbocycles. The van der Waals surface area contributed by atoms with E-state index in [1.807, 2.05) is 7.05 Å². The first-order valence-electron chi connectivity index (χ1n) is 7.99. The summed E-state index contributed by atoms with van der Waals surface area (Å²) in [6.07, 6.45) is 6.92. The molecule has 3 nitrogen and oxygen atoms in total. The van der Waals surface area contributed by atoms with E-state index in [9.17, 15) is 0 Å². The van der Waals surface area contributed by atoms with Crippen molar-refractivity contribution in [3.63, 3.8) is 0 Å². The second-order valence-corrected chi connectivity index (χ2v) is 6.19. The van der Waals surface area contributed by atoms with Crippen LogP contribution in [0.1, 0.15) is 47.0 Å². The van der Waals surface area contributed by atoms with Crippen molar-refractivity contribution in [1.82, 2.24) is 9.97 Å². The molecule has 3 heteroatoms. The molecule has 0 aliphatic heterocycles. The number of aryl methyl sites for hydroxylation is 1. The number of nitrogens with zero attached hydrogens (tertiary/aromatic N) is 2. The normalized spacial score (nSPS) is 17.4. The molecule has 0 unspecified atom stereocenters. The zero-order valence-corrected chi connectivity index (χ0v) is 12.5. The number of anilines is 1. The number of hydrogen-bond acceptors (Lipinski definition) is 3. The minimum atomic E-state index is 0.446. The Hall–Kier alpha value is -1.90. The number of benzene rings is 1. The van der Waals surface area contributed by atoms with Crippen LogP contribution in [0.4, 0.5) is 5.82 Å². The lowest BCUT2D eigenvalue weighted by Crippen LogP contribution is -2.15. The highest BCUT2D eigenvalue weighted by Crippen LogP contribution is 2.34. The van der Waals surface area contributed by atoms with Crippen LogP contribution in [-0.4, -0.2) is 17.0 Å². The van der Waals surface area contributed by atoms with E-state index in [1.165, 1.54) is 35.2 Å². The molecule has 0 spiro atoms. The van der Waals surface area contributed by atoms with Gasteiger partial charge in [0.2, 0.25) is 0 Å². The monoisotopic (exact) mass is 279 g/mol. The molecule has 1 aromatic heterocycles. The predicted molar refractivity (Wildman–Crippen MR) is 84.8 cm³/mol. The topological polar surface area (TPSA) is 37.8 Å². The van der Waals surface area contributed by atoms with Crippen molar-refractivity contribution >= 4 is 5.82 Å². The van der Waals surface area contributed by atoms with Gasteiger partial charge in [0.15, 0.2) is 0 Å². The molecule has 2 aromatic rings. The molecular formula is C18H21N3. The first kappa shape index (κ1) is 12.8. The third-order valence-electron chi connectivity index (χ3n) is 4.85. The van der Waals surface area contributed by atoms with E-state index in [0.717, 1.165) is 37.3 Å². The summed E-state index contributed by atoms with van der Waals surface area (Å²) in [5.74, 6) is 2.54. The Morgan fingerprint density at radius 3 is 2.43 bits per heavy atom. The summed E-state index contributed by atoms with van der Waals surface area (Å²) in [7, 11) is 1.98. The van der Waals surface area contributed by atoms with Crippen molar-refractivity contribution in [1.29, 1.82) is 0 Å². The summed E-state index contributed by atoms with van der Waals surface area (Å²) < 4.78 is 0. The molecule has 1 heterocycles. The molecule has 0 saturated heterocycles. The Morgan fingerprint density at radius 2 is 1.71 bits per heavy atom. The third-order valence-corrected chi connectivity index (χ3v) is 4.85. The average molecular weight is 279 g/mol. The fourth-order valence-electron chi connectivity index (χ4n) is 3.74. The third kappa shape index (κ3) is 2.21. The predicted octanol–water partition coefficient (Wildman–Crippen LogP) is 3.28. The number of rotatable bonds is 2. The zero-order chi connectivity index (χ0) is 14.2. The van der Waals surface area contributed by atoms with Gasteiger partial charge in [0, 0.05) is 24.2 Å². The average Bonchev–Trinajstić information content (AvgIpc) is 2.98. The van der Waals surface area contributed by atoms with E-state index in [0.29, 0.717) is 5.92 Å². The van der Waals surface area contributed by atoms with Gasteiger partial charge in [-0.25, -0.2) is 9.97 Å². The molecule has 0 atom stereocenters. The maximum absolute atomic E-state index is 4.94. The van der Waals surface area contributed by atoms with E-state index in [1.54, 1.807) is 0 Å². The second kappa shape index (κ2) is 5.14. The highest BCUT2D eigenvalue weighted by molar-refractivity contribution is 5.48. The van der Waals surface area contributed by atoms with E-state index in [2.05, 4.69) is 29.6 Å². The number of aromatic nitrogens is 2. The van der Waals surface area contributed by atoms with Crippen LogP contribution in [0.15, 0.2) is 24.3 Å². The lowest BCUT2D eigenvalue weighted by molar-refractivity contribution is 0.627. The van der Waals surface area contributed by atoms with Gasteiger partial charge < -0.3 is 5.32 Å². The van der Waals surface area contributed by atoms with Crippen LogP contribution in [0.5, 0.6) is 0 Å². The Labute approximate surface area is 125 Å². The van der Waals surface area contributed by atoms with Crippen LogP contribution in [0.2, 0.25) is 0 Å². The minimum Gasteiger partial charge on any atom is -0.373 e. The van der Waals surface area contributed by atoms with Gasteiger partial charge in [-0.1, -0.05) is 24.3 Å². The fraction of sp³-hybridized carbons (Fsp3) is 0.444. The van der Waals surface area contributed by atoms with Crippen LogP contribution in [0.3, 0.4) is 0 Å². The van der Waals surface area contributed by atoms with Gasteiger partial charge in [0.1, 0.15) is 11.6 Å². The first-order chi connectivity index (χ1) is 10.3. The van der Waals surface area contributed by atoms with Crippen LogP contribution in [0.25, 0.3) is 0 Å². The van der Waals surface area contributed by atoms with E-state index < -0.39 is 0 Å². The molecular weight excluding hydrogens is 258 g/mol. The number of nitrogens with one attached hydrogen (secondary N) is 1. The largest absolute Gasteiger partial charge is 0.373 e. The van der Waals surface area contributed by atoms with Crippen molar-refractivity contribution in [2.75, 3.05) is 12.4 Å². The van der Waals surface area contributed by atoms with Gasteiger partial charge >= 0.3 is 0 Å². The van der Waals surface area contributed by atoms with Crippen LogP contribution < -0.4 is 5.32 Å². The van der Waals surface area contributed by atoms with Gasteiger partial charge in [0.05, 0.1) is 0 Å². The summed E-state index contributed by atoms with van der Waals surface area (Å²) in [5, 5.41) is 3.29. The lowest BCUT2D eigenvalue weighted by Gasteiger charge is -2.20. The summed E-state index contributed by atoms with van der Waals surface area (Å²) in [5.41, 5.74) is 5.57. The number of hydrogen-bond donors (Lipinski definition) is 1. The maximum Gasteiger partial charge on any atom is 0.134 e. The van der Waals surface area contributed by atoms with Crippen LogP contribution in [0, 0.1) is 0 Å². The fourth-order valence-corrected chi connectivity index (χ4v) is 3.74. The summed E-state index contributed by atoms with van der Waals surface area (Å²) >= 11 is 0. The maximum atomic E-state index is 4.94. The molecule has 4 rings (SSSR count). The molecule has 108 valence electrons. The second-order valence-electron chi connectivity index (χ2n) is 6.19. The molecule has 0 fully saturated rings. The van der Waals surface area contributed by atoms with E-state index in [-0.39, 0.29) is 0 Å². The zero-order valence-electron chi connectivity index (χ0n) is 12.5. The van der Waals surface area contributed by atoms with Crippen molar-refractivity contribution in [3.05, 3.63) is 52.5 Å². The molecule has 1 N–H and O–H groups in total. The quantitative estimate of drug-likeness (QED) is 0.916. The van der Waals surface area contributed by atoms with E-state index >= 15 is 0 Å². The highest BCUT2D eigenvalue weighted by Gasteiger charge is 2.27. The van der Waals surface area contributed by atoms with Gasteiger partial charge in [-0.05, 0) is 49.7 Å². The SMILES string of the molecule is CNc1nc(C2Cc3ccccc3C2)nc2c1CCCC2. The van der Waals surface area contributed by atoms with Crippen molar-refractivity contribution < 1.29 is 0 Å². The molecule has 0 radical (unpaired) electrons. The van der Waals surface area contributed by atoms with Gasteiger partial charge in [-0.3, -0.25) is 0 Å². The summed E-state index contributed by atoms with van der Waals surface area (Å²) in [6, 6.07) is 8.75. The smallest absolute Gasteiger partial charge is 0.134 e. The van der Waals surface area contributed by atoms with Gasteiger partial charge in [0.25, 0.3) is 0 Å². The molecule has 0 bridgehead atoms. The lowest BCUT2D eigenvalue weighted by atomic mass is 9.95. The summed E-state index contributed by atoms with van der Waals surface area (Å²) in [6.45, 7) is 0. The molecule has 0 amide bonds. The minimum absolute atomic E-state index is 0.446. The van der Waals surface area contributed by atoms with E-state index in [4.69, 9.17) is 9.97 Å². The van der Waals surface area contributed by atoms with Crippen LogP contribution >= 0.6 is 0 Å². The van der Waals surface area contributed by atoms with Crippen molar-refractivity contribution in [2.45, 2.75) is 44.4 Å². The Morgan fingerprint density at radius 1 is 1.00 bits per heavy atom. The molecule has 2 aliphatic carbocycles. The van der Waals surface area contributed by atoms with Gasteiger partial charge in [-0.15, -0.1) is 0 Å². The standard InChI is InChI=1S/C18H21N3/c1-19-18-15-8-4-5-9-16(15)20-17(21-18)14-10-12-6-2-3-7-13(12)11-14/h2-3,6-7,14H,4-5,8-11H2,1H3,(H,19,20,21). The van der Waals surface area contributed by atoms with Gasteiger partial charge in [-0.2, -0.15) is 0 Å². The Balaban J connectivity index is 1.70. The molecule has 0 saturated carbocycles. The number of fused-ring (bicyclic) bond motifs is 2. The molecule has 21 heavy (non-hydrogen) atoms. The molecule has 2 aliphatic rings. The Kier molecular flexibility index (Phi) is 3.13. The van der Waals surface area contributed by atoms with Crippen molar-refractivity contribution in [3.8, 4) is 0 Å². The van der Waals surface area contributed by atoms with Crippen molar-refractivity contribution in [2.24, 2.45) is 0 Å².